The first-order valence-corrected chi connectivity index (χ1v) is 10.7. The number of rotatable bonds is 4. The summed E-state index contributed by atoms with van der Waals surface area (Å²) in [6.07, 6.45) is 3.72. The van der Waals surface area contributed by atoms with Crippen LogP contribution >= 0.6 is 0 Å². The number of amides is 2. The van der Waals surface area contributed by atoms with E-state index in [1.807, 2.05) is 0 Å². The Bertz CT molecular complexity index is 1090. The largest absolute Gasteiger partial charge is 0.340 e. The third kappa shape index (κ3) is 6.74. The minimum atomic E-state index is -1.06. The summed E-state index contributed by atoms with van der Waals surface area (Å²) in [6.45, 7) is 0.0538. The zero-order valence-electron chi connectivity index (χ0n) is 18.0. The molecule has 1 N–H and O–H groups in total. The summed E-state index contributed by atoms with van der Waals surface area (Å²) in [5, 5.41) is 2.52. The Hall–Kier alpha value is -4.00. The van der Waals surface area contributed by atoms with Gasteiger partial charge < -0.3 is 5.32 Å². The maximum Gasteiger partial charge on any atom is 0.340 e. The average Bonchev–Trinajstić information content (AvgIpc) is 2.85. The summed E-state index contributed by atoms with van der Waals surface area (Å²) in [5.41, 5.74) is 0.783. The highest BCUT2D eigenvalue weighted by atomic mass is 16.2. The summed E-state index contributed by atoms with van der Waals surface area (Å²) in [6, 6.07) is 16.2. The Balaban J connectivity index is 1.81. The molecule has 1 aliphatic heterocycles. The van der Waals surface area contributed by atoms with E-state index in [4.69, 9.17) is 0 Å². The van der Waals surface area contributed by atoms with Gasteiger partial charge in [0.1, 0.15) is 11.6 Å². The Morgan fingerprint density at radius 2 is 1.42 bits per heavy atom. The van der Waals surface area contributed by atoms with Gasteiger partial charge in [0.25, 0.3) is 0 Å². The second kappa shape index (κ2) is 11.6. The van der Waals surface area contributed by atoms with Crippen molar-refractivity contribution in [3.63, 3.8) is 0 Å². The number of hydrogen-bond acceptors (Lipinski definition) is 5. The van der Waals surface area contributed by atoms with E-state index in [1.165, 1.54) is 18.4 Å². The van der Waals surface area contributed by atoms with E-state index < -0.39 is 23.7 Å². The molecule has 7 heteroatoms. The van der Waals surface area contributed by atoms with Crippen LogP contribution in [0.3, 0.4) is 0 Å². The van der Waals surface area contributed by atoms with Crippen molar-refractivity contribution in [2.24, 2.45) is 16.8 Å². The molecular weight excluding hydrogens is 420 g/mol. The molecule has 1 aliphatic rings. The molecule has 0 spiro atoms. The van der Waals surface area contributed by atoms with Gasteiger partial charge in [0.05, 0.1) is 11.8 Å². The summed E-state index contributed by atoms with van der Waals surface area (Å²) >= 11 is 0. The van der Waals surface area contributed by atoms with Crippen LogP contribution in [0.15, 0.2) is 77.8 Å². The smallest absolute Gasteiger partial charge is 0.333 e. The fourth-order valence-electron chi connectivity index (χ4n) is 3.47. The minimum Gasteiger partial charge on any atom is -0.333 e. The van der Waals surface area contributed by atoms with E-state index in [-0.39, 0.29) is 43.2 Å². The molecule has 2 amide bonds. The molecule has 2 aromatic rings. The summed E-state index contributed by atoms with van der Waals surface area (Å²) in [7, 11) is 0. The summed E-state index contributed by atoms with van der Waals surface area (Å²) < 4.78 is 0. The highest BCUT2D eigenvalue weighted by Crippen LogP contribution is 2.17. The number of Topliss-reactive ketones (excluding diaryl/α,β-unsaturated/α-hetero) is 4. The predicted octanol–water partition coefficient (Wildman–Crippen LogP) is 3.64. The monoisotopic (exact) mass is 444 g/mol. The quantitative estimate of drug-likeness (QED) is 0.440. The molecule has 2 atom stereocenters. The Morgan fingerprint density at radius 1 is 0.818 bits per heavy atom. The second-order valence-corrected chi connectivity index (χ2v) is 7.65. The fraction of sp³-hybridized carbons (Fsp3) is 0.231. The van der Waals surface area contributed by atoms with Gasteiger partial charge in [-0.3, -0.25) is 19.2 Å². The molecule has 0 saturated carbocycles. The lowest BCUT2D eigenvalue weighted by Gasteiger charge is -2.13. The molecule has 0 bridgehead atoms. The van der Waals surface area contributed by atoms with Crippen LogP contribution in [0, 0.1) is 11.8 Å². The van der Waals surface area contributed by atoms with Crippen molar-refractivity contribution in [3.05, 3.63) is 83.9 Å². The van der Waals surface area contributed by atoms with Gasteiger partial charge in [-0.25, -0.2) is 9.79 Å². The lowest BCUT2D eigenvalue weighted by Crippen LogP contribution is -2.27. The molecule has 2 unspecified atom stereocenters. The van der Waals surface area contributed by atoms with E-state index in [9.17, 15) is 24.0 Å². The third-order valence-corrected chi connectivity index (χ3v) is 5.25. The first kappa shape index (κ1) is 23.7. The predicted molar refractivity (Wildman–Crippen MR) is 123 cm³/mol. The first-order valence-electron chi connectivity index (χ1n) is 10.7. The SMILES string of the molecule is O=C1CCC(=O)C(C(=O)c2ccccc2)/C=C/CNC(=O)/N=C\C(C(=O)c2ccccc2)C1. The average molecular weight is 444 g/mol. The number of nitrogens with zero attached hydrogens (tertiary/aromatic N) is 1. The van der Waals surface area contributed by atoms with Crippen molar-refractivity contribution >= 4 is 35.4 Å². The van der Waals surface area contributed by atoms with Crippen molar-refractivity contribution in [1.29, 1.82) is 0 Å². The maximum absolute atomic E-state index is 12.9. The number of carbonyl (C=O) groups is 5. The second-order valence-electron chi connectivity index (χ2n) is 7.65. The van der Waals surface area contributed by atoms with Crippen LogP contribution in [-0.2, 0) is 9.59 Å². The van der Waals surface area contributed by atoms with Crippen LogP contribution in [0.2, 0.25) is 0 Å². The van der Waals surface area contributed by atoms with Gasteiger partial charge in [0, 0.05) is 43.1 Å². The number of carbonyl (C=O) groups excluding carboxylic acids is 5. The van der Waals surface area contributed by atoms with E-state index in [0.717, 1.165) is 0 Å². The Labute approximate surface area is 191 Å². The van der Waals surface area contributed by atoms with Crippen LogP contribution in [0.5, 0.6) is 0 Å². The van der Waals surface area contributed by atoms with Crippen molar-refractivity contribution in [3.8, 4) is 0 Å². The number of benzene rings is 2. The van der Waals surface area contributed by atoms with Gasteiger partial charge in [-0.1, -0.05) is 72.8 Å². The molecule has 0 aliphatic carbocycles. The molecule has 168 valence electrons. The molecule has 0 radical (unpaired) electrons. The summed E-state index contributed by atoms with van der Waals surface area (Å²) in [4.78, 5) is 67.0. The Morgan fingerprint density at radius 3 is 2.06 bits per heavy atom. The van der Waals surface area contributed by atoms with Crippen molar-refractivity contribution in [1.82, 2.24) is 5.32 Å². The normalized spacial score (nSPS) is 22.0. The van der Waals surface area contributed by atoms with Gasteiger partial charge in [-0.05, 0) is 0 Å². The lowest BCUT2D eigenvalue weighted by molar-refractivity contribution is -0.125. The van der Waals surface area contributed by atoms with Crippen molar-refractivity contribution in [2.45, 2.75) is 19.3 Å². The van der Waals surface area contributed by atoms with Crippen LogP contribution in [-0.4, -0.2) is 41.9 Å². The molecule has 7 nitrogen and oxygen atoms in total. The number of hydrogen-bond donors (Lipinski definition) is 1. The maximum atomic E-state index is 12.9. The molecule has 0 fully saturated rings. The number of aliphatic imine (C=N–C) groups is 1. The first-order chi connectivity index (χ1) is 16.0. The van der Waals surface area contributed by atoms with Crippen LogP contribution < -0.4 is 5.32 Å². The minimum absolute atomic E-state index is 0.0538. The number of ketones is 4. The van der Waals surface area contributed by atoms with E-state index >= 15 is 0 Å². The van der Waals surface area contributed by atoms with Crippen molar-refractivity contribution < 1.29 is 24.0 Å². The number of nitrogens with one attached hydrogen (secondary N) is 1. The molecule has 33 heavy (non-hydrogen) atoms. The number of allylic oxidation sites excluding steroid dienone is 1. The lowest BCUT2D eigenvalue weighted by atomic mass is 9.88. The highest BCUT2D eigenvalue weighted by Gasteiger charge is 2.27. The topological polar surface area (TPSA) is 110 Å². The van der Waals surface area contributed by atoms with Crippen molar-refractivity contribution in [2.75, 3.05) is 6.54 Å². The highest BCUT2D eigenvalue weighted by molar-refractivity contribution is 6.13. The van der Waals surface area contributed by atoms with E-state index in [0.29, 0.717) is 11.1 Å². The molecule has 1 heterocycles. The van der Waals surface area contributed by atoms with Gasteiger partial charge >= 0.3 is 6.03 Å². The molecule has 0 saturated heterocycles. The van der Waals surface area contributed by atoms with Gasteiger partial charge in [-0.15, -0.1) is 0 Å². The molecule has 0 aromatic heterocycles. The van der Waals surface area contributed by atoms with E-state index in [1.54, 1.807) is 60.7 Å². The van der Waals surface area contributed by atoms with Gasteiger partial charge in [0.2, 0.25) is 0 Å². The number of urea groups is 1. The van der Waals surface area contributed by atoms with E-state index in [2.05, 4.69) is 10.3 Å². The zero-order chi connectivity index (χ0) is 23.6. The van der Waals surface area contributed by atoms with Gasteiger partial charge in [0.15, 0.2) is 11.6 Å². The molecular formula is C26H24N2O5. The van der Waals surface area contributed by atoms with Crippen LogP contribution in [0.25, 0.3) is 0 Å². The zero-order valence-corrected chi connectivity index (χ0v) is 18.0. The van der Waals surface area contributed by atoms with Crippen LogP contribution in [0.4, 0.5) is 4.79 Å². The molecule has 3 rings (SSSR count). The summed E-state index contributed by atoms with van der Waals surface area (Å²) in [5.74, 6) is -3.42. The molecule has 2 aromatic carbocycles. The Kier molecular flexibility index (Phi) is 8.30. The third-order valence-electron chi connectivity index (χ3n) is 5.25. The van der Waals surface area contributed by atoms with Gasteiger partial charge in [-0.2, -0.15) is 0 Å². The van der Waals surface area contributed by atoms with Crippen LogP contribution in [0.1, 0.15) is 40.0 Å². The standard InChI is InChI=1S/C26H24N2O5/c29-21-13-14-23(30)22(25(32)19-10-5-2-6-11-19)12-7-15-27-26(33)28-17-20(16-21)24(31)18-8-3-1-4-9-18/h1-12,17,20,22H,13-16H2,(H,27,33)/b12-7+,28-17-. The fourth-order valence-corrected chi connectivity index (χ4v) is 3.47.